The molecule has 0 bridgehead atoms. The lowest BCUT2D eigenvalue weighted by molar-refractivity contribution is 0.374. The second-order valence-electron chi connectivity index (χ2n) is 4.14. The molecule has 6 heteroatoms. The Balaban J connectivity index is 1.77. The van der Waals surface area contributed by atoms with Crippen LogP contribution in [-0.4, -0.2) is 20.1 Å². The molecule has 0 aliphatic carbocycles. The third-order valence-corrected chi connectivity index (χ3v) is 2.72. The van der Waals surface area contributed by atoms with Crippen molar-refractivity contribution in [3.05, 3.63) is 41.8 Å². The van der Waals surface area contributed by atoms with Crippen molar-refractivity contribution in [2.24, 2.45) is 0 Å². The van der Waals surface area contributed by atoms with Crippen LogP contribution in [0.2, 0.25) is 0 Å². The lowest BCUT2D eigenvalue weighted by Gasteiger charge is -1.87. The third kappa shape index (κ3) is 2.45. The van der Waals surface area contributed by atoms with Crippen LogP contribution in [0.5, 0.6) is 0 Å². The van der Waals surface area contributed by atoms with Gasteiger partial charge in [0.15, 0.2) is 5.82 Å². The van der Waals surface area contributed by atoms with Crippen molar-refractivity contribution in [3.8, 4) is 6.07 Å². The maximum Gasteiger partial charge on any atom is 0.227 e. The number of fused-ring (bicyclic) bond motifs is 1. The van der Waals surface area contributed by atoms with Crippen molar-refractivity contribution in [2.45, 2.75) is 19.3 Å². The van der Waals surface area contributed by atoms with E-state index >= 15 is 0 Å². The molecule has 1 N–H and O–H groups in total. The van der Waals surface area contributed by atoms with E-state index in [4.69, 9.17) is 9.78 Å². The van der Waals surface area contributed by atoms with Crippen LogP contribution < -0.4 is 0 Å². The quantitative estimate of drug-likeness (QED) is 0.767. The number of nitriles is 1. The normalized spacial score (nSPS) is 10.7. The summed E-state index contributed by atoms with van der Waals surface area (Å²) in [5.41, 5.74) is 1.91. The standard InChI is InChI=1S/C13H11N5O/c14-7-3-6-13-17-12(18-19-13)8-11-15-9-4-1-2-5-10(9)16-11/h1-2,4-5H,3,6,8H2,(H,15,16). The van der Waals surface area contributed by atoms with Crippen LogP contribution in [0.1, 0.15) is 24.0 Å². The summed E-state index contributed by atoms with van der Waals surface area (Å²) in [7, 11) is 0. The number of para-hydroxylation sites is 2. The summed E-state index contributed by atoms with van der Waals surface area (Å²) in [6.45, 7) is 0. The van der Waals surface area contributed by atoms with E-state index in [1.807, 2.05) is 30.3 Å². The monoisotopic (exact) mass is 253 g/mol. The maximum atomic E-state index is 8.50. The topological polar surface area (TPSA) is 91.4 Å². The highest BCUT2D eigenvalue weighted by Gasteiger charge is 2.09. The van der Waals surface area contributed by atoms with Gasteiger partial charge in [-0.15, -0.1) is 0 Å². The van der Waals surface area contributed by atoms with E-state index in [9.17, 15) is 0 Å². The number of aromatic amines is 1. The predicted octanol–water partition coefficient (Wildman–Crippen LogP) is 1.99. The zero-order chi connectivity index (χ0) is 13.1. The summed E-state index contributed by atoms with van der Waals surface area (Å²) in [5, 5.41) is 12.4. The first-order chi connectivity index (χ1) is 9.35. The molecular weight excluding hydrogens is 242 g/mol. The van der Waals surface area contributed by atoms with Gasteiger partial charge in [-0.3, -0.25) is 0 Å². The van der Waals surface area contributed by atoms with Crippen LogP contribution in [0.15, 0.2) is 28.8 Å². The second kappa shape index (κ2) is 4.90. The van der Waals surface area contributed by atoms with Gasteiger partial charge in [0, 0.05) is 12.8 Å². The van der Waals surface area contributed by atoms with Crippen molar-refractivity contribution >= 4 is 11.0 Å². The molecule has 0 spiro atoms. The molecule has 1 aromatic carbocycles. The Bertz CT molecular complexity index is 704. The van der Waals surface area contributed by atoms with Gasteiger partial charge in [0.2, 0.25) is 5.89 Å². The minimum atomic E-state index is 0.381. The van der Waals surface area contributed by atoms with E-state index in [0.29, 0.717) is 31.0 Å². The molecule has 0 atom stereocenters. The van der Waals surface area contributed by atoms with E-state index in [-0.39, 0.29) is 0 Å². The first-order valence-corrected chi connectivity index (χ1v) is 5.97. The molecule has 0 saturated carbocycles. The minimum absolute atomic E-state index is 0.381. The molecule has 94 valence electrons. The molecule has 0 fully saturated rings. The average molecular weight is 253 g/mol. The van der Waals surface area contributed by atoms with Crippen molar-refractivity contribution in [1.82, 2.24) is 20.1 Å². The molecule has 0 amide bonds. The van der Waals surface area contributed by atoms with Crippen LogP contribution >= 0.6 is 0 Å². The van der Waals surface area contributed by atoms with E-state index in [0.717, 1.165) is 16.9 Å². The van der Waals surface area contributed by atoms with E-state index in [1.165, 1.54) is 0 Å². The lowest BCUT2D eigenvalue weighted by atomic mass is 10.3. The SMILES string of the molecule is N#CCCc1nc(Cc2nc3ccccc3[nH]2)no1. The molecule has 0 aliphatic rings. The summed E-state index contributed by atoms with van der Waals surface area (Å²) in [6, 6.07) is 9.87. The van der Waals surface area contributed by atoms with Crippen LogP contribution in [0.3, 0.4) is 0 Å². The van der Waals surface area contributed by atoms with Gasteiger partial charge in [0.25, 0.3) is 0 Å². The number of aromatic nitrogens is 4. The van der Waals surface area contributed by atoms with Crippen molar-refractivity contribution in [2.75, 3.05) is 0 Å². The van der Waals surface area contributed by atoms with Gasteiger partial charge in [-0.25, -0.2) is 4.98 Å². The van der Waals surface area contributed by atoms with Crippen molar-refractivity contribution in [3.63, 3.8) is 0 Å². The van der Waals surface area contributed by atoms with Gasteiger partial charge in [0.05, 0.1) is 23.5 Å². The summed E-state index contributed by atoms with van der Waals surface area (Å²) in [6.07, 6.45) is 1.36. The Morgan fingerprint density at radius 3 is 3.00 bits per heavy atom. The molecule has 0 unspecified atom stereocenters. The van der Waals surface area contributed by atoms with Crippen LogP contribution in [0.25, 0.3) is 11.0 Å². The number of H-pyrrole nitrogens is 1. The minimum Gasteiger partial charge on any atom is -0.342 e. The Kier molecular flexibility index (Phi) is 2.94. The number of imidazole rings is 1. The Morgan fingerprint density at radius 1 is 1.26 bits per heavy atom. The maximum absolute atomic E-state index is 8.50. The highest BCUT2D eigenvalue weighted by atomic mass is 16.5. The first-order valence-electron chi connectivity index (χ1n) is 5.97. The van der Waals surface area contributed by atoms with Crippen LogP contribution in [0, 0.1) is 11.3 Å². The van der Waals surface area contributed by atoms with Crippen molar-refractivity contribution < 1.29 is 4.52 Å². The fraction of sp³-hybridized carbons (Fsp3) is 0.231. The first kappa shape index (κ1) is 11.4. The number of hydrogen-bond donors (Lipinski definition) is 1. The Labute approximate surface area is 109 Å². The second-order valence-corrected chi connectivity index (χ2v) is 4.14. The summed E-state index contributed by atoms with van der Waals surface area (Å²) in [5.74, 6) is 1.87. The zero-order valence-corrected chi connectivity index (χ0v) is 10.1. The molecule has 0 saturated heterocycles. The van der Waals surface area contributed by atoms with Gasteiger partial charge >= 0.3 is 0 Å². The number of benzene rings is 1. The summed E-state index contributed by atoms with van der Waals surface area (Å²) in [4.78, 5) is 11.9. The van der Waals surface area contributed by atoms with E-state index in [2.05, 4.69) is 20.1 Å². The van der Waals surface area contributed by atoms with E-state index in [1.54, 1.807) is 0 Å². The number of nitrogens with zero attached hydrogens (tertiary/aromatic N) is 4. The number of hydrogen-bond acceptors (Lipinski definition) is 5. The van der Waals surface area contributed by atoms with Gasteiger partial charge < -0.3 is 9.51 Å². The smallest absolute Gasteiger partial charge is 0.227 e. The fourth-order valence-electron chi connectivity index (χ4n) is 1.87. The highest BCUT2D eigenvalue weighted by molar-refractivity contribution is 5.74. The van der Waals surface area contributed by atoms with Gasteiger partial charge in [0.1, 0.15) is 5.82 Å². The predicted molar refractivity (Wildman–Crippen MR) is 67.1 cm³/mol. The number of aryl methyl sites for hydroxylation is 1. The van der Waals surface area contributed by atoms with Crippen LogP contribution in [0.4, 0.5) is 0 Å². The average Bonchev–Trinajstić information content (AvgIpc) is 3.02. The Morgan fingerprint density at radius 2 is 2.16 bits per heavy atom. The lowest BCUT2D eigenvalue weighted by Crippen LogP contribution is -1.93. The van der Waals surface area contributed by atoms with Crippen LogP contribution in [-0.2, 0) is 12.8 Å². The molecule has 3 rings (SSSR count). The van der Waals surface area contributed by atoms with Gasteiger partial charge in [-0.2, -0.15) is 10.2 Å². The molecule has 2 heterocycles. The summed E-state index contributed by atoms with van der Waals surface area (Å²) >= 11 is 0. The molecule has 0 aliphatic heterocycles. The van der Waals surface area contributed by atoms with Gasteiger partial charge in [-0.05, 0) is 12.1 Å². The molecule has 3 aromatic rings. The highest BCUT2D eigenvalue weighted by Crippen LogP contribution is 2.12. The number of rotatable bonds is 4. The fourth-order valence-corrected chi connectivity index (χ4v) is 1.87. The number of nitrogens with one attached hydrogen (secondary N) is 1. The van der Waals surface area contributed by atoms with Crippen molar-refractivity contribution in [1.29, 1.82) is 5.26 Å². The molecule has 6 nitrogen and oxygen atoms in total. The molecule has 19 heavy (non-hydrogen) atoms. The molecule has 0 radical (unpaired) electrons. The summed E-state index contributed by atoms with van der Waals surface area (Å²) < 4.78 is 5.06. The largest absolute Gasteiger partial charge is 0.342 e. The van der Waals surface area contributed by atoms with E-state index < -0.39 is 0 Å². The Hall–Kier alpha value is -2.68. The molecular formula is C13H11N5O. The van der Waals surface area contributed by atoms with Gasteiger partial charge in [-0.1, -0.05) is 17.3 Å². The molecule has 2 aromatic heterocycles. The zero-order valence-electron chi connectivity index (χ0n) is 10.1. The third-order valence-electron chi connectivity index (χ3n) is 2.72.